The van der Waals surface area contributed by atoms with Crippen LogP contribution in [0.4, 0.5) is 0 Å². The molecule has 0 unspecified atom stereocenters. The normalized spacial score (nSPS) is 21.0. The number of hydrogen-bond donors (Lipinski definition) is 2. The molecule has 0 aliphatic carbocycles. The van der Waals surface area contributed by atoms with Crippen molar-refractivity contribution in [1.29, 1.82) is 0 Å². The standard InChI is InChI=1S/C16H25N3O3S/c1-12-5-7-15(8-6-12)23(21,22)18-10-14-4-3-9-19(11-14)13(2)16(17)20/h5-8,13-14,18H,3-4,9-11H2,1-2H3,(H2,17,20)/t13-,14+/m1/s1. The molecule has 23 heavy (non-hydrogen) atoms. The second kappa shape index (κ2) is 7.42. The van der Waals surface area contributed by atoms with Gasteiger partial charge in [0.15, 0.2) is 0 Å². The molecule has 1 amide bonds. The minimum Gasteiger partial charge on any atom is -0.368 e. The van der Waals surface area contributed by atoms with Gasteiger partial charge in [0.05, 0.1) is 10.9 Å². The minimum atomic E-state index is -3.49. The molecule has 1 fully saturated rings. The lowest BCUT2D eigenvalue weighted by Crippen LogP contribution is -2.49. The minimum absolute atomic E-state index is 0.186. The van der Waals surface area contributed by atoms with E-state index < -0.39 is 10.0 Å². The molecule has 1 aromatic carbocycles. The van der Waals surface area contributed by atoms with Crippen molar-refractivity contribution in [3.8, 4) is 0 Å². The Bertz CT molecular complexity index is 643. The lowest BCUT2D eigenvalue weighted by atomic mass is 9.97. The van der Waals surface area contributed by atoms with Crippen LogP contribution in [0.5, 0.6) is 0 Å². The fourth-order valence-electron chi connectivity index (χ4n) is 2.82. The smallest absolute Gasteiger partial charge is 0.240 e. The molecule has 1 heterocycles. The van der Waals surface area contributed by atoms with Gasteiger partial charge < -0.3 is 5.73 Å². The Morgan fingerprint density at radius 3 is 2.65 bits per heavy atom. The maximum atomic E-state index is 12.3. The van der Waals surface area contributed by atoms with E-state index in [9.17, 15) is 13.2 Å². The van der Waals surface area contributed by atoms with Gasteiger partial charge in [-0.1, -0.05) is 17.7 Å². The van der Waals surface area contributed by atoms with Crippen LogP contribution in [0.2, 0.25) is 0 Å². The van der Waals surface area contributed by atoms with E-state index in [0.29, 0.717) is 13.1 Å². The van der Waals surface area contributed by atoms with E-state index in [1.165, 1.54) is 0 Å². The van der Waals surface area contributed by atoms with Gasteiger partial charge in [-0.15, -0.1) is 0 Å². The molecule has 0 bridgehead atoms. The highest BCUT2D eigenvalue weighted by molar-refractivity contribution is 7.89. The molecule has 2 rings (SSSR count). The second-order valence-corrected chi connectivity index (χ2v) is 8.01. The van der Waals surface area contributed by atoms with E-state index >= 15 is 0 Å². The second-order valence-electron chi connectivity index (χ2n) is 6.25. The first kappa shape index (κ1) is 17.9. The number of hydrogen-bond acceptors (Lipinski definition) is 4. The van der Waals surface area contributed by atoms with Crippen LogP contribution in [-0.2, 0) is 14.8 Å². The monoisotopic (exact) mass is 339 g/mol. The number of nitrogens with zero attached hydrogens (tertiary/aromatic N) is 1. The highest BCUT2D eigenvalue weighted by Gasteiger charge is 2.27. The van der Waals surface area contributed by atoms with Crippen LogP contribution in [0, 0.1) is 12.8 Å². The number of amides is 1. The van der Waals surface area contributed by atoms with Crippen LogP contribution in [0.3, 0.4) is 0 Å². The summed E-state index contributed by atoms with van der Waals surface area (Å²) in [6.07, 6.45) is 1.88. The van der Waals surface area contributed by atoms with Crippen LogP contribution < -0.4 is 10.5 Å². The molecule has 6 nitrogen and oxygen atoms in total. The zero-order valence-electron chi connectivity index (χ0n) is 13.7. The summed E-state index contributed by atoms with van der Waals surface area (Å²) in [5.74, 6) is -0.156. The SMILES string of the molecule is Cc1ccc(S(=O)(=O)NC[C@@H]2CCCN([C@H](C)C(N)=O)C2)cc1. The summed E-state index contributed by atoms with van der Waals surface area (Å²) in [6.45, 7) is 5.59. The molecule has 128 valence electrons. The fraction of sp³-hybridized carbons (Fsp3) is 0.562. The van der Waals surface area contributed by atoms with Crippen molar-refractivity contribution < 1.29 is 13.2 Å². The first-order chi connectivity index (χ1) is 10.8. The zero-order chi connectivity index (χ0) is 17.0. The number of carbonyl (C=O) groups is 1. The molecule has 0 radical (unpaired) electrons. The third-order valence-corrected chi connectivity index (χ3v) is 5.84. The van der Waals surface area contributed by atoms with Crippen LogP contribution in [0.15, 0.2) is 29.2 Å². The van der Waals surface area contributed by atoms with Crippen LogP contribution >= 0.6 is 0 Å². The summed E-state index contributed by atoms with van der Waals surface area (Å²) in [5.41, 5.74) is 6.37. The van der Waals surface area contributed by atoms with E-state index in [1.54, 1.807) is 31.2 Å². The number of aryl methyl sites for hydroxylation is 1. The maximum absolute atomic E-state index is 12.3. The summed E-state index contributed by atoms with van der Waals surface area (Å²) in [6, 6.07) is 6.48. The van der Waals surface area contributed by atoms with E-state index in [4.69, 9.17) is 5.73 Å². The third kappa shape index (κ3) is 4.76. The highest BCUT2D eigenvalue weighted by Crippen LogP contribution is 2.19. The number of carbonyl (C=O) groups excluding carboxylic acids is 1. The lowest BCUT2D eigenvalue weighted by molar-refractivity contribution is -0.123. The maximum Gasteiger partial charge on any atom is 0.240 e. The molecule has 3 N–H and O–H groups in total. The van der Waals surface area contributed by atoms with E-state index in [0.717, 1.165) is 24.9 Å². The van der Waals surface area contributed by atoms with Crippen molar-refractivity contribution in [3.63, 3.8) is 0 Å². The zero-order valence-corrected chi connectivity index (χ0v) is 14.5. The molecular formula is C16H25N3O3S. The number of piperidine rings is 1. The van der Waals surface area contributed by atoms with Gasteiger partial charge in [0, 0.05) is 13.1 Å². The molecule has 1 aliphatic heterocycles. The summed E-state index contributed by atoms with van der Waals surface area (Å²) in [7, 11) is -3.49. The van der Waals surface area contributed by atoms with Crippen molar-refractivity contribution in [2.75, 3.05) is 19.6 Å². The number of likely N-dealkylation sites (tertiary alicyclic amines) is 1. The molecule has 1 saturated heterocycles. The molecule has 1 aliphatic rings. The Kier molecular flexibility index (Phi) is 5.78. The average Bonchev–Trinajstić information content (AvgIpc) is 2.53. The molecule has 0 spiro atoms. The van der Waals surface area contributed by atoms with Gasteiger partial charge >= 0.3 is 0 Å². The lowest BCUT2D eigenvalue weighted by Gasteiger charge is -2.35. The van der Waals surface area contributed by atoms with Gasteiger partial charge in [0.1, 0.15) is 0 Å². The van der Waals surface area contributed by atoms with Crippen molar-refractivity contribution in [1.82, 2.24) is 9.62 Å². The van der Waals surface area contributed by atoms with E-state index in [-0.39, 0.29) is 22.8 Å². The van der Waals surface area contributed by atoms with Crippen molar-refractivity contribution in [3.05, 3.63) is 29.8 Å². The number of rotatable bonds is 6. The molecule has 7 heteroatoms. The number of primary amides is 1. The molecular weight excluding hydrogens is 314 g/mol. The molecule has 2 atom stereocenters. The van der Waals surface area contributed by atoms with Gasteiger partial charge in [0.25, 0.3) is 0 Å². The van der Waals surface area contributed by atoms with Gasteiger partial charge in [-0.25, -0.2) is 13.1 Å². The molecule has 0 saturated carbocycles. The Labute approximate surface area is 138 Å². The van der Waals surface area contributed by atoms with Gasteiger partial charge in [-0.3, -0.25) is 9.69 Å². The molecule has 1 aromatic rings. The average molecular weight is 339 g/mol. The number of sulfonamides is 1. The highest BCUT2D eigenvalue weighted by atomic mass is 32.2. The van der Waals surface area contributed by atoms with Crippen molar-refractivity contribution in [2.45, 2.75) is 37.6 Å². The Morgan fingerprint density at radius 2 is 2.04 bits per heavy atom. The van der Waals surface area contributed by atoms with Gasteiger partial charge in [0.2, 0.25) is 15.9 Å². The number of nitrogens with one attached hydrogen (secondary N) is 1. The van der Waals surface area contributed by atoms with Crippen molar-refractivity contribution in [2.24, 2.45) is 11.7 Å². The summed E-state index contributed by atoms with van der Waals surface area (Å²) >= 11 is 0. The van der Waals surface area contributed by atoms with Crippen LogP contribution in [0.25, 0.3) is 0 Å². The first-order valence-electron chi connectivity index (χ1n) is 7.89. The third-order valence-electron chi connectivity index (χ3n) is 4.40. The summed E-state index contributed by atoms with van der Waals surface area (Å²) in [4.78, 5) is 13.6. The fourth-order valence-corrected chi connectivity index (χ4v) is 3.94. The predicted molar refractivity (Wildman–Crippen MR) is 89.3 cm³/mol. The van der Waals surface area contributed by atoms with Crippen molar-refractivity contribution >= 4 is 15.9 Å². The summed E-state index contributed by atoms with van der Waals surface area (Å²) in [5, 5.41) is 0. The quantitative estimate of drug-likeness (QED) is 0.804. The van der Waals surface area contributed by atoms with Crippen LogP contribution in [0.1, 0.15) is 25.3 Å². The van der Waals surface area contributed by atoms with Gasteiger partial charge in [-0.2, -0.15) is 0 Å². The number of benzene rings is 1. The van der Waals surface area contributed by atoms with Gasteiger partial charge in [-0.05, 0) is 51.3 Å². The summed E-state index contributed by atoms with van der Waals surface area (Å²) < 4.78 is 27.3. The molecule has 0 aromatic heterocycles. The topological polar surface area (TPSA) is 92.5 Å². The van der Waals surface area contributed by atoms with Crippen LogP contribution in [-0.4, -0.2) is 44.9 Å². The number of nitrogens with two attached hydrogens (primary N) is 1. The largest absolute Gasteiger partial charge is 0.368 e. The Balaban J connectivity index is 1.94. The van der Waals surface area contributed by atoms with E-state index in [1.807, 2.05) is 11.8 Å². The Morgan fingerprint density at radius 1 is 1.39 bits per heavy atom. The predicted octanol–water partition coefficient (Wildman–Crippen LogP) is 0.859. The first-order valence-corrected chi connectivity index (χ1v) is 9.37. The van der Waals surface area contributed by atoms with E-state index in [2.05, 4.69) is 4.72 Å². The Hall–Kier alpha value is -1.44.